The fourth-order valence-electron chi connectivity index (χ4n) is 1.62. The fourth-order valence-corrected chi connectivity index (χ4v) is 1.62. The van der Waals surface area contributed by atoms with Crippen LogP contribution in [0.5, 0.6) is 0 Å². The van der Waals surface area contributed by atoms with Gasteiger partial charge in [-0.2, -0.15) is 0 Å². The van der Waals surface area contributed by atoms with Crippen LogP contribution in [0.4, 0.5) is 0 Å². The highest BCUT2D eigenvalue weighted by molar-refractivity contribution is 5.20. The zero-order valence-corrected chi connectivity index (χ0v) is 8.88. The average molecular weight is 214 g/mol. The highest BCUT2D eigenvalue weighted by Gasteiger charge is 2.09. The van der Waals surface area contributed by atoms with Crippen molar-refractivity contribution in [3.8, 4) is 0 Å². The van der Waals surface area contributed by atoms with E-state index in [2.05, 4.69) is 15.4 Å². The molecule has 0 bridgehead atoms. The van der Waals surface area contributed by atoms with Gasteiger partial charge in [-0.3, -0.25) is 21.2 Å². The number of hydrogen-bond donors (Lipinski definition) is 2. The second kappa shape index (κ2) is 5.34. The number of pyridine rings is 2. The van der Waals surface area contributed by atoms with Crippen LogP contribution in [0.1, 0.15) is 17.2 Å². The standard InChI is InChI=1S/C12H14N4/c13-16-12(11-3-7-15-8-4-11)9-10-1-5-14-6-2-10/h1-8,12,16H,9,13H2. The number of nitrogens with two attached hydrogens (primary N) is 1. The van der Waals surface area contributed by atoms with Crippen LogP contribution in [-0.2, 0) is 6.42 Å². The monoisotopic (exact) mass is 214 g/mol. The van der Waals surface area contributed by atoms with Crippen molar-refractivity contribution >= 4 is 0 Å². The molecule has 82 valence electrons. The highest BCUT2D eigenvalue weighted by Crippen LogP contribution is 2.16. The summed E-state index contributed by atoms with van der Waals surface area (Å²) in [5.41, 5.74) is 5.16. The van der Waals surface area contributed by atoms with E-state index in [1.54, 1.807) is 24.8 Å². The van der Waals surface area contributed by atoms with E-state index in [4.69, 9.17) is 5.84 Å². The molecular formula is C12H14N4. The number of hydrogen-bond acceptors (Lipinski definition) is 4. The Morgan fingerprint density at radius 1 is 1.00 bits per heavy atom. The van der Waals surface area contributed by atoms with Gasteiger partial charge in [0, 0.05) is 24.8 Å². The Bertz CT molecular complexity index is 416. The number of nitrogens with zero attached hydrogens (tertiary/aromatic N) is 2. The lowest BCUT2D eigenvalue weighted by atomic mass is 10.0. The lowest BCUT2D eigenvalue weighted by molar-refractivity contribution is 0.551. The minimum absolute atomic E-state index is 0.102. The van der Waals surface area contributed by atoms with E-state index in [1.165, 1.54) is 5.56 Å². The summed E-state index contributed by atoms with van der Waals surface area (Å²) < 4.78 is 0. The van der Waals surface area contributed by atoms with Gasteiger partial charge in [-0.25, -0.2) is 0 Å². The normalized spacial score (nSPS) is 12.3. The Morgan fingerprint density at radius 2 is 1.56 bits per heavy atom. The third-order valence-electron chi connectivity index (χ3n) is 2.50. The van der Waals surface area contributed by atoms with Crippen LogP contribution in [0.15, 0.2) is 49.1 Å². The Balaban J connectivity index is 2.13. The summed E-state index contributed by atoms with van der Waals surface area (Å²) in [4.78, 5) is 7.98. The first kappa shape index (κ1) is 10.7. The maximum absolute atomic E-state index is 5.57. The number of hydrazine groups is 1. The minimum Gasteiger partial charge on any atom is -0.271 e. The van der Waals surface area contributed by atoms with Crippen molar-refractivity contribution in [2.75, 3.05) is 0 Å². The van der Waals surface area contributed by atoms with E-state index >= 15 is 0 Å². The van der Waals surface area contributed by atoms with Gasteiger partial charge in [-0.05, 0) is 41.8 Å². The van der Waals surface area contributed by atoms with Crippen molar-refractivity contribution in [2.45, 2.75) is 12.5 Å². The van der Waals surface area contributed by atoms with E-state index < -0.39 is 0 Å². The molecule has 2 aromatic rings. The SMILES string of the molecule is NNC(Cc1ccncc1)c1ccncc1. The molecule has 0 aliphatic heterocycles. The first-order chi connectivity index (χ1) is 7.90. The molecule has 0 fully saturated rings. The summed E-state index contributed by atoms with van der Waals surface area (Å²) in [6.07, 6.45) is 7.95. The van der Waals surface area contributed by atoms with Gasteiger partial charge < -0.3 is 0 Å². The van der Waals surface area contributed by atoms with Gasteiger partial charge in [0.1, 0.15) is 0 Å². The van der Waals surface area contributed by atoms with E-state index in [0.29, 0.717) is 0 Å². The Morgan fingerprint density at radius 3 is 2.12 bits per heavy atom. The van der Waals surface area contributed by atoms with Gasteiger partial charge >= 0.3 is 0 Å². The number of aromatic nitrogens is 2. The van der Waals surface area contributed by atoms with E-state index in [-0.39, 0.29) is 6.04 Å². The lowest BCUT2D eigenvalue weighted by Gasteiger charge is -2.15. The molecule has 2 rings (SSSR count). The van der Waals surface area contributed by atoms with E-state index in [1.807, 2.05) is 24.3 Å². The molecule has 1 atom stereocenters. The molecule has 0 amide bonds. The topological polar surface area (TPSA) is 63.8 Å². The summed E-state index contributed by atoms with van der Waals surface area (Å²) in [5.74, 6) is 5.57. The summed E-state index contributed by atoms with van der Waals surface area (Å²) in [6.45, 7) is 0. The van der Waals surface area contributed by atoms with Crippen molar-refractivity contribution in [3.63, 3.8) is 0 Å². The largest absolute Gasteiger partial charge is 0.271 e. The molecule has 0 aromatic carbocycles. The quantitative estimate of drug-likeness (QED) is 0.593. The van der Waals surface area contributed by atoms with Crippen molar-refractivity contribution < 1.29 is 0 Å². The number of rotatable bonds is 4. The first-order valence-electron chi connectivity index (χ1n) is 5.15. The summed E-state index contributed by atoms with van der Waals surface area (Å²) in [6, 6.07) is 8.01. The highest BCUT2D eigenvalue weighted by atomic mass is 15.2. The zero-order valence-electron chi connectivity index (χ0n) is 8.88. The van der Waals surface area contributed by atoms with Crippen molar-refractivity contribution in [1.82, 2.24) is 15.4 Å². The molecule has 2 heterocycles. The summed E-state index contributed by atoms with van der Waals surface area (Å²) >= 11 is 0. The molecule has 1 unspecified atom stereocenters. The minimum atomic E-state index is 0.102. The number of nitrogens with one attached hydrogen (secondary N) is 1. The lowest BCUT2D eigenvalue weighted by Crippen LogP contribution is -2.29. The van der Waals surface area contributed by atoms with Crippen molar-refractivity contribution in [3.05, 3.63) is 60.2 Å². The van der Waals surface area contributed by atoms with Crippen LogP contribution in [0.25, 0.3) is 0 Å². The van der Waals surface area contributed by atoms with Crippen LogP contribution in [0.3, 0.4) is 0 Å². The Kier molecular flexibility index (Phi) is 3.58. The maximum atomic E-state index is 5.57. The van der Waals surface area contributed by atoms with Gasteiger partial charge in [0.15, 0.2) is 0 Å². The van der Waals surface area contributed by atoms with Crippen molar-refractivity contribution in [1.29, 1.82) is 0 Å². The van der Waals surface area contributed by atoms with Gasteiger partial charge in [-0.15, -0.1) is 0 Å². The zero-order chi connectivity index (χ0) is 11.2. The van der Waals surface area contributed by atoms with Crippen LogP contribution < -0.4 is 11.3 Å². The van der Waals surface area contributed by atoms with Gasteiger partial charge in [0.05, 0.1) is 6.04 Å². The fraction of sp³-hybridized carbons (Fsp3) is 0.167. The summed E-state index contributed by atoms with van der Waals surface area (Å²) in [5, 5.41) is 0. The smallest absolute Gasteiger partial charge is 0.0501 e. The second-order valence-corrected chi connectivity index (χ2v) is 3.56. The third-order valence-corrected chi connectivity index (χ3v) is 2.50. The van der Waals surface area contributed by atoms with Crippen molar-refractivity contribution in [2.24, 2.45) is 5.84 Å². The molecule has 0 aliphatic rings. The van der Waals surface area contributed by atoms with Gasteiger partial charge in [0.2, 0.25) is 0 Å². The van der Waals surface area contributed by atoms with Crippen LogP contribution in [0, 0.1) is 0 Å². The summed E-state index contributed by atoms with van der Waals surface area (Å²) in [7, 11) is 0. The Hall–Kier alpha value is -1.78. The molecule has 2 aromatic heterocycles. The van der Waals surface area contributed by atoms with Gasteiger partial charge in [0.25, 0.3) is 0 Å². The average Bonchev–Trinajstić information content (AvgIpc) is 2.38. The maximum Gasteiger partial charge on any atom is 0.0501 e. The van der Waals surface area contributed by atoms with Crippen LogP contribution >= 0.6 is 0 Å². The molecule has 0 radical (unpaired) electrons. The second-order valence-electron chi connectivity index (χ2n) is 3.56. The predicted molar refractivity (Wildman–Crippen MR) is 62.2 cm³/mol. The molecule has 4 nitrogen and oxygen atoms in total. The molecule has 3 N–H and O–H groups in total. The molecule has 4 heteroatoms. The molecule has 0 aliphatic carbocycles. The van der Waals surface area contributed by atoms with Crippen LogP contribution in [0.2, 0.25) is 0 Å². The molecule has 0 saturated heterocycles. The Labute approximate surface area is 94.5 Å². The van der Waals surface area contributed by atoms with E-state index in [9.17, 15) is 0 Å². The predicted octanol–water partition coefficient (Wildman–Crippen LogP) is 1.22. The third kappa shape index (κ3) is 2.62. The first-order valence-corrected chi connectivity index (χ1v) is 5.15. The molecule has 0 spiro atoms. The molecule has 16 heavy (non-hydrogen) atoms. The van der Waals surface area contributed by atoms with Gasteiger partial charge in [-0.1, -0.05) is 0 Å². The van der Waals surface area contributed by atoms with Crippen LogP contribution in [-0.4, -0.2) is 9.97 Å². The molecular weight excluding hydrogens is 200 g/mol. The molecule has 0 saturated carbocycles. The van der Waals surface area contributed by atoms with E-state index in [0.717, 1.165) is 12.0 Å².